The molecule has 6 atom stereocenters. The van der Waals surface area contributed by atoms with E-state index in [1.165, 1.54) is 19.3 Å². The smallest absolute Gasteiger partial charge is 0.310 e. The zero-order valence-corrected chi connectivity index (χ0v) is 15.9. The van der Waals surface area contributed by atoms with E-state index in [0.717, 1.165) is 6.42 Å². The third-order valence-corrected chi connectivity index (χ3v) is 5.94. The van der Waals surface area contributed by atoms with Gasteiger partial charge in [-0.15, -0.1) is 0 Å². The fourth-order valence-corrected chi connectivity index (χ4v) is 5.49. The molecule has 3 rings (SSSR count). The van der Waals surface area contributed by atoms with Crippen LogP contribution in [0.15, 0.2) is 0 Å². The van der Waals surface area contributed by atoms with Crippen LogP contribution in [0.4, 0.5) is 0 Å². The molecule has 0 N–H and O–H groups in total. The van der Waals surface area contributed by atoms with Gasteiger partial charge in [0.05, 0.1) is 11.8 Å². The molecule has 0 aromatic carbocycles. The van der Waals surface area contributed by atoms with Crippen LogP contribution in [0.2, 0.25) is 0 Å². The van der Waals surface area contributed by atoms with Crippen molar-refractivity contribution in [3.05, 3.63) is 0 Å². The summed E-state index contributed by atoms with van der Waals surface area (Å²) in [6.07, 6.45) is 4.62. The van der Waals surface area contributed by atoms with Crippen molar-refractivity contribution in [3.63, 3.8) is 0 Å². The SMILES string of the molecule is CC(C)(C)OC(=O)C1C2CC(C3CCCC32)C1C(=O)OC(C)(C)C. The van der Waals surface area contributed by atoms with Gasteiger partial charge in [-0.05, 0) is 84.5 Å². The number of carbonyl (C=O) groups excluding carboxylic acids is 2. The molecule has 0 amide bonds. The number of esters is 2. The third-order valence-electron chi connectivity index (χ3n) is 5.94. The summed E-state index contributed by atoms with van der Waals surface area (Å²) in [6.45, 7) is 11.3. The Morgan fingerprint density at radius 1 is 0.708 bits per heavy atom. The van der Waals surface area contributed by atoms with Crippen molar-refractivity contribution in [2.75, 3.05) is 0 Å². The molecule has 24 heavy (non-hydrogen) atoms. The van der Waals surface area contributed by atoms with Crippen LogP contribution in [0.3, 0.4) is 0 Å². The topological polar surface area (TPSA) is 52.6 Å². The molecular formula is C20H32O4. The number of hydrogen-bond donors (Lipinski definition) is 0. The number of fused-ring (bicyclic) bond motifs is 5. The Morgan fingerprint density at radius 2 is 1.08 bits per heavy atom. The zero-order valence-electron chi connectivity index (χ0n) is 15.9. The number of rotatable bonds is 2. The lowest BCUT2D eigenvalue weighted by Crippen LogP contribution is -2.45. The van der Waals surface area contributed by atoms with E-state index in [2.05, 4.69) is 0 Å². The first-order valence-corrected chi connectivity index (χ1v) is 9.44. The maximum absolute atomic E-state index is 12.9. The quantitative estimate of drug-likeness (QED) is 0.716. The van der Waals surface area contributed by atoms with Crippen molar-refractivity contribution < 1.29 is 19.1 Å². The molecule has 6 unspecified atom stereocenters. The Kier molecular flexibility index (Phi) is 4.25. The highest BCUT2D eigenvalue weighted by molar-refractivity contribution is 5.84. The highest BCUT2D eigenvalue weighted by Crippen LogP contribution is 2.64. The normalized spacial score (nSPS) is 38.1. The first-order chi connectivity index (χ1) is 11.0. The van der Waals surface area contributed by atoms with Crippen LogP contribution in [-0.2, 0) is 19.1 Å². The van der Waals surface area contributed by atoms with E-state index in [-0.39, 0.29) is 23.8 Å². The average Bonchev–Trinajstić information content (AvgIpc) is 3.05. The maximum atomic E-state index is 12.9. The first kappa shape index (κ1) is 17.8. The standard InChI is InChI=1S/C20H32O4/c1-19(2,3)23-17(21)15-13-10-14(12-9-7-8-11(12)13)16(15)18(22)24-20(4,5)6/h11-16H,7-10H2,1-6H3. The van der Waals surface area contributed by atoms with Crippen molar-refractivity contribution in [1.29, 1.82) is 0 Å². The monoisotopic (exact) mass is 336 g/mol. The maximum Gasteiger partial charge on any atom is 0.310 e. The van der Waals surface area contributed by atoms with Crippen LogP contribution in [-0.4, -0.2) is 23.1 Å². The molecule has 0 saturated heterocycles. The molecule has 3 saturated carbocycles. The second-order valence-electron chi connectivity index (χ2n) is 9.94. The molecule has 2 bridgehead atoms. The van der Waals surface area contributed by atoms with E-state index in [0.29, 0.717) is 23.7 Å². The summed E-state index contributed by atoms with van der Waals surface area (Å²) < 4.78 is 11.4. The van der Waals surface area contributed by atoms with E-state index in [1.54, 1.807) is 0 Å². The largest absolute Gasteiger partial charge is 0.460 e. The Hall–Kier alpha value is -1.06. The second kappa shape index (κ2) is 5.74. The minimum atomic E-state index is -0.521. The molecule has 3 aliphatic rings. The molecule has 136 valence electrons. The summed E-state index contributed by atoms with van der Waals surface area (Å²) in [5, 5.41) is 0. The van der Waals surface area contributed by atoms with Gasteiger partial charge in [0, 0.05) is 0 Å². The molecule has 0 radical (unpaired) electrons. The van der Waals surface area contributed by atoms with Gasteiger partial charge in [-0.1, -0.05) is 6.42 Å². The van der Waals surface area contributed by atoms with Crippen molar-refractivity contribution in [1.82, 2.24) is 0 Å². The summed E-state index contributed by atoms with van der Waals surface area (Å²) in [6, 6.07) is 0. The van der Waals surface area contributed by atoms with Gasteiger partial charge >= 0.3 is 11.9 Å². The third kappa shape index (κ3) is 3.21. The Bertz CT molecular complexity index is 479. The fourth-order valence-electron chi connectivity index (χ4n) is 5.49. The van der Waals surface area contributed by atoms with Crippen LogP contribution < -0.4 is 0 Å². The van der Waals surface area contributed by atoms with E-state index < -0.39 is 11.2 Å². The van der Waals surface area contributed by atoms with E-state index >= 15 is 0 Å². The van der Waals surface area contributed by atoms with E-state index in [4.69, 9.17) is 9.47 Å². The highest BCUT2D eigenvalue weighted by Gasteiger charge is 2.64. The summed E-state index contributed by atoms with van der Waals surface area (Å²) in [5.74, 6) is 0.779. The van der Waals surface area contributed by atoms with Gasteiger partial charge in [0.2, 0.25) is 0 Å². The van der Waals surface area contributed by atoms with Crippen molar-refractivity contribution in [2.45, 2.75) is 78.4 Å². The van der Waals surface area contributed by atoms with E-state index in [9.17, 15) is 9.59 Å². The van der Waals surface area contributed by atoms with Crippen molar-refractivity contribution in [3.8, 4) is 0 Å². The van der Waals surface area contributed by atoms with Gasteiger partial charge in [0.15, 0.2) is 0 Å². The number of ether oxygens (including phenoxy) is 2. The van der Waals surface area contributed by atoms with Crippen molar-refractivity contribution >= 4 is 11.9 Å². The summed E-state index contributed by atoms with van der Waals surface area (Å²) >= 11 is 0. The van der Waals surface area contributed by atoms with Crippen LogP contribution in [0.5, 0.6) is 0 Å². The highest BCUT2D eigenvalue weighted by atomic mass is 16.6. The number of hydrogen-bond acceptors (Lipinski definition) is 4. The fraction of sp³-hybridized carbons (Fsp3) is 0.900. The lowest BCUT2D eigenvalue weighted by Gasteiger charge is -2.37. The van der Waals surface area contributed by atoms with Gasteiger partial charge in [-0.2, -0.15) is 0 Å². The molecule has 0 aliphatic heterocycles. The van der Waals surface area contributed by atoms with Crippen LogP contribution in [0.25, 0.3) is 0 Å². The first-order valence-electron chi connectivity index (χ1n) is 9.44. The van der Waals surface area contributed by atoms with Gasteiger partial charge in [-0.3, -0.25) is 9.59 Å². The molecule has 4 nitrogen and oxygen atoms in total. The average molecular weight is 336 g/mol. The Balaban J connectivity index is 1.86. The zero-order chi connectivity index (χ0) is 17.9. The van der Waals surface area contributed by atoms with Gasteiger partial charge in [-0.25, -0.2) is 0 Å². The molecule has 4 heteroatoms. The summed E-state index contributed by atoms with van der Waals surface area (Å²) in [4.78, 5) is 25.8. The van der Waals surface area contributed by atoms with E-state index in [1.807, 2.05) is 41.5 Å². The summed E-state index contributed by atoms with van der Waals surface area (Å²) in [5.41, 5.74) is -1.04. The minimum Gasteiger partial charge on any atom is -0.460 e. The molecule has 0 aromatic rings. The minimum absolute atomic E-state index is 0.198. The van der Waals surface area contributed by atoms with Crippen molar-refractivity contribution in [2.24, 2.45) is 35.5 Å². The summed E-state index contributed by atoms with van der Waals surface area (Å²) in [7, 11) is 0. The van der Waals surface area contributed by atoms with Crippen LogP contribution in [0, 0.1) is 35.5 Å². The molecule has 0 heterocycles. The molecule has 3 fully saturated rings. The van der Waals surface area contributed by atoms with Gasteiger partial charge in [0.1, 0.15) is 11.2 Å². The lowest BCUT2D eigenvalue weighted by atomic mass is 9.69. The van der Waals surface area contributed by atoms with Crippen LogP contribution >= 0.6 is 0 Å². The predicted octanol–water partition coefficient (Wildman–Crippen LogP) is 3.97. The predicted molar refractivity (Wildman–Crippen MR) is 91.1 cm³/mol. The molecule has 0 spiro atoms. The molecule has 0 aromatic heterocycles. The second-order valence-corrected chi connectivity index (χ2v) is 9.94. The number of carbonyl (C=O) groups is 2. The Morgan fingerprint density at radius 3 is 1.42 bits per heavy atom. The van der Waals surface area contributed by atoms with Gasteiger partial charge < -0.3 is 9.47 Å². The van der Waals surface area contributed by atoms with Crippen LogP contribution in [0.1, 0.15) is 67.2 Å². The Labute approximate surface area is 145 Å². The lowest BCUT2D eigenvalue weighted by molar-refractivity contribution is -0.178. The molecular weight excluding hydrogens is 304 g/mol. The van der Waals surface area contributed by atoms with Gasteiger partial charge in [0.25, 0.3) is 0 Å². The molecule has 3 aliphatic carbocycles.